The summed E-state index contributed by atoms with van der Waals surface area (Å²) < 4.78 is 37.7. The highest BCUT2D eigenvalue weighted by atomic mass is 32.2. The SMILES string of the molecule is CCCOCC(=O)Nc1ccc(S(=O)(=O)N2CC(C)OC(C)C2)cc1. The van der Waals surface area contributed by atoms with E-state index >= 15 is 0 Å². The molecule has 1 aromatic rings. The van der Waals surface area contributed by atoms with Crippen LogP contribution in [0.4, 0.5) is 5.69 Å². The van der Waals surface area contributed by atoms with Gasteiger partial charge < -0.3 is 14.8 Å². The minimum atomic E-state index is -3.57. The van der Waals surface area contributed by atoms with Crippen LogP contribution in [0.25, 0.3) is 0 Å². The largest absolute Gasteiger partial charge is 0.373 e. The van der Waals surface area contributed by atoms with Gasteiger partial charge in [0.25, 0.3) is 0 Å². The Labute approximate surface area is 149 Å². The number of anilines is 1. The number of benzene rings is 1. The molecule has 0 spiro atoms. The van der Waals surface area contributed by atoms with Gasteiger partial charge in [0.15, 0.2) is 0 Å². The van der Waals surface area contributed by atoms with Crippen molar-refractivity contribution in [3.63, 3.8) is 0 Å². The van der Waals surface area contributed by atoms with Crippen LogP contribution in [0.3, 0.4) is 0 Å². The molecule has 1 fully saturated rings. The van der Waals surface area contributed by atoms with E-state index in [4.69, 9.17) is 9.47 Å². The normalized spacial score (nSPS) is 21.9. The maximum Gasteiger partial charge on any atom is 0.250 e. The van der Waals surface area contributed by atoms with Gasteiger partial charge in [-0.15, -0.1) is 0 Å². The summed E-state index contributed by atoms with van der Waals surface area (Å²) in [5.41, 5.74) is 0.535. The van der Waals surface area contributed by atoms with E-state index in [1.165, 1.54) is 16.4 Å². The Bertz CT molecular complexity index is 665. The molecule has 0 radical (unpaired) electrons. The molecule has 1 heterocycles. The van der Waals surface area contributed by atoms with Crippen molar-refractivity contribution in [3.05, 3.63) is 24.3 Å². The molecule has 0 aromatic heterocycles. The Balaban J connectivity index is 2.02. The van der Waals surface area contributed by atoms with E-state index in [1.54, 1.807) is 12.1 Å². The molecular weight excluding hydrogens is 344 g/mol. The van der Waals surface area contributed by atoms with Crippen LogP contribution in [0.15, 0.2) is 29.2 Å². The van der Waals surface area contributed by atoms with Crippen LogP contribution >= 0.6 is 0 Å². The molecule has 2 atom stereocenters. The molecule has 140 valence electrons. The smallest absolute Gasteiger partial charge is 0.250 e. The van der Waals surface area contributed by atoms with E-state index in [9.17, 15) is 13.2 Å². The third kappa shape index (κ3) is 5.50. The number of carbonyl (C=O) groups excluding carboxylic acids is 1. The first kappa shape index (κ1) is 19.8. The maximum absolute atomic E-state index is 12.7. The monoisotopic (exact) mass is 370 g/mol. The van der Waals surface area contributed by atoms with Gasteiger partial charge >= 0.3 is 0 Å². The van der Waals surface area contributed by atoms with Crippen molar-refractivity contribution in [2.24, 2.45) is 0 Å². The molecule has 2 unspecified atom stereocenters. The van der Waals surface area contributed by atoms with E-state index in [-0.39, 0.29) is 29.6 Å². The molecule has 1 N–H and O–H groups in total. The number of rotatable bonds is 7. The lowest BCUT2D eigenvalue weighted by Crippen LogP contribution is -2.48. The van der Waals surface area contributed by atoms with Crippen LogP contribution < -0.4 is 5.32 Å². The van der Waals surface area contributed by atoms with E-state index in [0.717, 1.165) is 6.42 Å². The molecule has 0 saturated carbocycles. The summed E-state index contributed by atoms with van der Waals surface area (Å²) in [4.78, 5) is 11.9. The van der Waals surface area contributed by atoms with E-state index < -0.39 is 10.0 Å². The lowest BCUT2D eigenvalue weighted by molar-refractivity contribution is -0.120. The number of sulfonamides is 1. The average Bonchev–Trinajstić information content (AvgIpc) is 2.54. The van der Waals surface area contributed by atoms with Crippen LogP contribution in [0.2, 0.25) is 0 Å². The summed E-state index contributed by atoms with van der Waals surface area (Å²) in [6.45, 7) is 6.86. The molecule has 7 nitrogen and oxygen atoms in total. The molecule has 1 saturated heterocycles. The highest BCUT2D eigenvalue weighted by Crippen LogP contribution is 2.22. The summed E-state index contributed by atoms with van der Waals surface area (Å²) in [6.07, 6.45) is 0.568. The molecule has 25 heavy (non-hydrogen) atoms. The Hall–Kier alpha value is -1.48. The fraction of sp³-hybridized carbons (Fsp3) is 0.588. The predicted octanol–water partition coefficient (Wildman–Crippen LogP) is 1.85. The molecule has 0 bridgehead atoms. The van der Waals surface area contributed by atoms with Crippen LogP contribution in [0, 0.1) is 0 Å². The van der Waals surface area contributed by atoms with Crippen molar-refractivity contribution < 1.29 is 22.7 Å². The van der Waals surface area contributed by atoms with Gasteiger partial charge in [0.1, 0.15) is 6.61 Å². The third-order valence-electron chi connectivity index (χ3n) is 3.74. The number of nitrogens with one attached hydrogen (secondary N) is 1. The first-order valence-electron chi connectivity index (χ1n) is 8.46. The van der Waals surface area contributed by atoms with E-state index in [0.29, 0.717) is 25.4 Å². The number of nitrogens with zero attached hydrogens (tertiary/aromatic N) is 1. The first-order valence-corrected chi connectivity index (χ1v) is 9.90. The topological polar surface area (TPSA) is 84.9 Å². The summed E-state index contributed by atoms with van der Waals surface area (Å²) in [5.74, 6) is -0.264. The standard InChI is InChI=1S/C17H26N2O5S/c1-4-9-23-12-17(20)18-15-5-7-16(8-6-15)25(21,22)19-10-13(2)24-14(3)11-19/h5-8,13-14H,4,9-12H2,1-3H3,(H,18,20). The Morgan fingerprint density at radius 3 is 2.40 bits per heavy atom. The van der Waals surface area contributed by atoms with Crippen LogP contribution in [-0.4, -0.2) is 57.1 Å². The first-order chi connectivity index (χ1) is 11.8. The predicted molar refractivity (Wildman–Crippen MR) is 94.9 cm³/mol. The van der Waals surface area contributed by atoms with Crippen LogP contribution in [-0.2, 0) is 24.3 Å². The van der Waals surface area contributed by atoms with Crippen molar-refractivity contribution in [3.8, 4) is 0 Å². The molecule has 1 amide bonds. The fourth-order valence-corrected chi connectivity index (χ4v) is 4.28. The van der Waals surface area contributed by atoms with Crippen molar-refractivity contribution >= 4 is 21.6 Å². The lowest BCUT2D eigenvalue weighted by Gasteiger charge is -2.34. The third-order valence-corrected chi connectivity index (χ3v) is 5.59. The summed E-state index contributed by atoms with van der Waals surface area (Å²) in [7, 11) is -3.57. The number of morpholine rings is 1. The van der Waals surface area contributed by atoms with Gasteiger partial charge in [-0.05, 0) is 44.5 Å². The molecular formula is C17H26N2O5S. The molecule has 1 aromatic carbocycles. The average molecular weight is 370 g/mol. The zero-order valence-electron chi connectivity index (χ0n) is 14.9. The quantitative estimate of drug-likeness (QED) is 0.741. The van der Waals surface area contributed by atoms with Gasteiger partial charge in [-0.3, -0.25) is 4.79 Å². The molecule has 8 heteroatoms. The minimum absolute atomic E-state index is 0.0164. The van der Waals surface area contributed by atoms with Crippen LogP contribution in [0.5, 0.6) is 0 Å². The number of hydrogen-bond donors (Lipinski definition) is 1. The Morgan fingerprint density at radius 2 is 1.84 bits per heavy atom. The van der Waals surface area contributed by atoms with Crippen molar-refractivity contribution in [1.82, 2.24) is 4.31 Å². The number of amides is 1. The second-order valence-electron chi connectivity index (χ2n) is 6.20. The Morgan fingerprint density at radius 1 is 1.24 bits per heavy atom. The fourth-order valence-electron chi connectivity index (χ4n) is 2.69. The zero-order valence-corrected chi connectivity index (χ0v) is 15.7. The van der Waals surface area contributed by atoms with E-state index in [1.807, 2.05) is 20.8 Å². The number of ether oxygens (including phenoxy) is 2. The van der Waals surface area contributed by atoms with Gasteiger partial charge in [-0.25, -0.2) is 8.42 Å². The maximum atomic E-state index is 12.7. The van der Waals surface area contributed by atoms with Crippen molar-refractivity contribution in [2.45, 2.75) is 44.3 Å². The Kier molecular flexibility index (Phi) is 6.95. The van der Waals surface area contributed by atoms with Gasteiger partial charge in [0, 0.05) is 25.4 Å². The van der Waals surface area contributed by atoms with Gasteiger partial charge in [0.05, 0.1) is 17.1 Å². The number of hydrogen-bond acceptors (Lipinski definition) is 5. The summed E-state index contributed by atoms with van der Waals surface area (Å²) >= 11 is 0. The van der Waals surface area contributed by atoms with Crippen LogP contribution in [0.1, 0.15) is 27.2 Å². The number of carbonyl (C=O) groups is 1. The highest BCUT2D eigenvalue weighted by molar-refractivity contribution is 7.89. The van der Waals surface area contributed by atoms with Gasteiger partial charge in [-0.2, -0.15) is 4.31 Å². The van der Waals surface area contributed by atoms with Gasteiger partial charge in [-0.1, -0.05) is 6.92 Å². The molecule has 0 aliphatic carbocycles. The van der Waals surface area contributed by atoms with Crippen molar-refractivity contribution in [1.29, 1.82) is 0 Å². The summed E-state index contributed by atoms with van der Waals surface area (Å²) in [6, 6.07) is 6.17. The second-order valence-corrected chi connectivity index (χ2v) is 8.14. The molecule has 2 rings (SSSR count). The highest BCUT2D eigenvalue weighted by Gasteiger charge is 2.32. The zero-order chi connectivity index (χ0) is 18.4. The summed E-state index contributed by atoms with van der Waals surface area (Å²) in [5, 5.41) is 2.68. The van der Waals surface area contributed by atoms with Crippen molar-refractivity contribution in [2.75, 3.05) is 31.6 Å². The lowest BCUT2D eigenvalue weighted by atomic mass is 10.3. The van der Waals surface area contributed by atoms with Gasteiger partial charge in [0.2, 0.25) is 15.9 Å². The molecule has 1 aliphatic rings. The minimum Gasteiger partial charge on any atom is -0.373 e. The molecule has 1 aliphatic heterocycles. The second kappa shape index (κ2) is 8.75. The van der Waals surface area contributed by atoms with E-state index in [2.05, 4.69) is 5.32 Å².